The van der Waals surface area contributed by atoms with Crippen LogP contribution in [-0.2, 0) is 11.0 Å². The Hall–Kier alpha value is -3.77. The van der Waals surface area contributed by atoms with Crippen molar-refractivity contribution < 1.29 is 22.8 Å². The van der Waals surface area contributed by atoms with Crippen molar-refractivity contribution in [2.45, 2.75) is 24.6 Å². The number of aromatic nitrogens is 2. The van der Waals surface area contributed by atoms with E-state index >= 15 is 0 Å². The first-order valence-electron chi connectivity index (χ1n) is 10.2. The van der Waals surface area contributed by atoms with Gasteiger partial charge in [0.1, 0.15) is 12.4 Å². The third-order valence-corrected chi connectivity index (χ3v) is 5.79. The van der Waals surface area contributed by atoms with Gasteiger partial charge in [0.05, 0.1) is 11.1 Å². The molecule has 0 unspecified atom stereocenters. The lowest BCUT2D eigenvalue weighted by Crippen LogP contribution is -2.53. The van der Waals surface area contributed by atoms with E-state index in [-0.39, 0.29) is 18.8 Å². The predicted molar refractivity (Wildman–Crippen MR) is 112 cm³/mol. The van der Waals surface area contributed by atoms with Gasteiger partial charge in [-0.1, -0.05) is 0 Å². The fourth-order valence-electron chi connectivity index (χ4n) is 4.11. The summed E-state index contributed by atoms with van der Waals surface area (Å²) in [6.07, 6.45) is -3.40. The molecule has 0 saturated carbocycles. The number of aromatic amines is 2. The molecule has 3 heterocycles. The molecule has 2 fully saturated rings. The molecule has 1 spiro atoms. The second kappa shape index (κ2) is 8.30. The molecule has 2 saturated heterocycles. The number of anilines is 2. The topological polar surface area (TPSA) is 130 Å². The van der Waals surface area contributed by atoms with E-state index in [9.17, 15) is 32.3 Å². The molecular weight excluding hydrogens is 445 g/mol. The van der Waals surface area contributed by atoms with E-state index in [1.54, 1.807) is 0 Å². The molecule has 13 heteroatoms. The molecule has 2 aliphatic heterocycles. The van der Waals surface area contributed by atoms with Gasteiger partial charge in [-0.15, -0.1) is 0 Å². The van der Waals surface area contributed by atoms with Crippen LogP contribution in [0.3, 0.4) is 0 Å². The number of carbonyl (C=O) groups excluding carboxylic acids is 2. The molecule has 4 rings (SSSR count). The third-order valence-electron chi connectivity index (χ3n) is 5.79. The number of carbonyl (C=O) groups is 2. The van der Waals surface area contributed by atoms with Crippen LogP contribution in [0, 0.1) is 0 Å². The molecule has 33 heavy (non-hydrogen) atoms. The van der Waals surface area contributed by atoms with Crippen LogP contribution < -0.4 is 26.8 Å². The summed E-state index contributed by atoms with van der Waals surface area (Å²) in [5.74, 6) is -0.129. The van der Waals surface area contributed by atoms with Crippen molar-refractivity contribution in [3.63, 3.8) is 0 Å². The normalized spacial score (nSPS) is 17.8. The lowest BCUT2D eigenvalue weighted by atomic mass is 9.88. The Morgan fingerprint density at radius 3 is 2.33 bits per heavy atom. The Morgan fingerprint density at radius 2 is 1.73 bits per heavy atom. The maximum absolute atomic E-state index is 12.7. The van der Waals surface area contributed by atoms with Gasteiger partial charge < -0.3 is 20.4 Å². The number of halogens is 3. The van der Waals surface area contributed by atoms with Gasteiger partial charge in [0.2, 0.25) is 5.91 Å². The number of hydrogen-bond donors (Lipinski definition) is 4. The van der Waals surface area contributed by atoms with Crippen LogP contribution in [0.15, 0.2) is 39.9 Å². The number of urea groups is 1. The van der Waals surface area contributed by atoms with Crippen molar-refractivity contribution in [3.8, 4) is 0 Å². The number of benzene rings is 1. The SMILES string of the molecule is O=C(CN1CC2(CCN(c3cc(=O)[nH]c(=O)[nH]3)CC2)NC1=O)Nc1ccc(C(F)(F)F)cc1. The van der Waals surface area contributed by atoms with Gasteiger partial charge in [-0.05, 0) is 37.1 Å². The molecule has 0 atom stereocenters. The number of piperidine rings is 1. The van der Waals surface area contributed by atoms with Crippen LogP contribution in [0.2, 0.25) is 0 Å². The molecular formula is C20H21F3N6O4. The minimum Gasteiger partial charge on any atom is -0.358 e. The van der Waals surface area contributed by atoms with Gasteiger partial charge >= 0.3 is 17.9 Å². The van der Waals surface area contributed by atoms with Crippen LogP contribution in [0.25, 0.3) is 0 Å². The second-order valence-electron chi connectivity index (χ2n) is 8.15. The molecule has 1 aromatic heterocycles. The van der Waals surface area contributed by atoms with Crippen molar-refractivity contribution in [1.29, 1.82) is 0 Å². The highest BCUT2D eigenvalue weighted by Gasteiger charge is 2.45. The number of nitrogens with zero attached hydrogens (tertiary/aromatic N) is 2. The maximum Gasteiger partial charge on any atom is 0.416 e. The summed E-state index contributed by atoms with van der Waals surface area (Å²) >= 11 is 0. The van der Waals surface area contributed by atoms with E-state index in [1.165, 1.54) is 11.0 Å². The molecule has 0 aliphatic carbocycles. The molecule has 176 valence electrons. The summed E-state index contributed by atoms with van der Waals surface area (Å²) in [5, 5.41) is 5.42. The average molecular weight is 466 g/mol. The largest absolute Gasteiger partial charge is 0.416 e. The quantitative estimate of drug-likeness (QED) is 0.536. The number of rotatable bonds is 4. The first-order chi connectivity index (χ1) is 15.5. The van der Waals surface area contributed by atoms with Gasteiger partial charge in [0.15, 0.2) is 0 Å². The molecule has 10 nitrogen and oxygen atoms in total. The van der Waals surface area contributed by atoms with E-state index in [0.29, 0.717) is 31.7 Å². The Balaban J connectivity index is 1.33. The third kappa shape index (κ3) is 5.02. The number of hydrogen-bond acceptors (Lipinski definition) is 5. The fourth-order valence-corrected chi connectivity index (χ4v) is 4.11. The monoisotopic (exact) mass is 466 g/mol. The van der Waals surface area contributed by atoms with E-state index in [2.05, 4.69) is 20.6 Å². The Morgan fingerprint density at radius 1 is 1.06 bits per heavy atom. The molecule has 2 aliphatic rings. The van der Waals surface area contributed by atoms with Crippen LogP contribution >= 0.6 is 0 Å². The Labute approximate surface area is 184 Å². The smallest absolute Gasteiger partial charge is 0.358 e. The summed E-state index contributed by atoms with van der Waals surface area (Å²) in [6, 6.07) is 4.94. The highest BCUT2D eigenvalue weighted by molar-refractivity contribution is 5.94. The van der Waals surface area contributed by atoms with Crippen LogP contribution in [0.5, 0.6) is 0 Å². The standard InChI is InChI=1S/C20H21F3N6O4/c21-20(22,23)12-1-3-13(4-2-12)24-16(31)10-29-11-19(27-18(29)33)5-7-28(8-6-19)14-9-15(30)26-17(32)25-14/h1-4,9H,5-8,10-11H2,(H,24,31)(H,27,33)(H2,25,26,30,32). The minimum atomic E-state index is -4.47. The molecule has 3 amide bonds. The van der Waals surface area contributed by atoms with E-state index in [1.807, 2.05) is 4.90 Å². The molecule has 1 aromatic carbocycles. The molecule has 0 bridgehead atoms. The van der Waals surface area contributed by atoms with Crippen molar-refractivity contribution in [3.05, 3.63) is 56.7 Å². The van der Waals surface area contributed by atoms with Crippen molar-refractivity contribution in [2.24, 2.45) is 0 Å². The lowest BCUT2D eigenvalue weighted by molar-refractivity contribution is -0.137. The van der Waals surface area contributed by atoms with Gasteiger partial charge in [0.25, 0.3) is 5.56 Å². The molecule has 0 radical (unpaired) electrons. The van der Waals surface area contributed by atoms with Crippen molar-refractivity contribution in [2.75, 3.05) is 36.4 Å². The highest BCUT2D eigenvalue weighted by atomic mass is 19.4. The summed E-state index contributed by atoms with van der Waals surface area (Å²) in [6.45, 7) is 0.988. The number of H-pyrrole nitrogens is 2. The van der Waals surface area contributed by atoms with E-state index in [0.717, 1.165) is 24.3 Å². The maximum atomic E-state index is 12.7. The summed E-state index contributed by atoms with van der Waals surface area (Å²) in [4.78, 5) is 55.7. The van der Waals surface area contributed by atoms with Gasteiger partial charge in [-0.25, -0.2) is 9.59 Å². The second-order valence-corrected chi connectivity index (χ2v) is 8.15. The van der Waals surface area contributed by atoms with Crippen LogP contribution in [0.1, 0.15) is 18.4 Å². The van der Waals surface area contributed by atoms with Gasteiger partial charge in [-0.2, -0.15) is 13.2 Å². The highest BCUT2D eigenvalue weighted by Crippen LogP contribution is 2.31. The first-order valence-corrected chi connectivity index (χ1v) is 10.2. The van der Waals surface area contributed by atoms with E-state index in [4.69, 9.17) is 0 Å². The summed E-state index contributed by atoms with van der Waals surface area (Å²) in [5.41, 5.74) is -2.28. The predicted octanol–water partition coefficient (Wildman–Crippen LogP) is 1.08. The number of amides is 3. The lowest BCUT2D eigenvalue weighted by Gasteiger charge is -2.39. The van der Waals surface area contributed by atoms with Crippen molar-refractivity contribution in [1.82, 2.24) is 20.2 Å². The van der Waals surface area contributed by atoms with Crippen molar-refractivity contribution >= 4 is 23.4 Å². The van der Waals surface area contributed by atoms with Crippen LogP contribution in [0.4, 0.5) is 29.5 Å². The van der Waals surface area contributed by atoms with E-state index < -0.39 is 40.5 Å². The zero-order chi connectivity index (χ0) is 23.8. The number of alkyl halides is 3. The van der Waals surface area contributed by atoms with Gasteiger partial charge in [-0.3, -0.25) is 19.6 Å². The summed E-state index contributed by atoms with van der Waals surface area (Å²) in [7, 11) is 0. The van der Waals surface area contributed by atoms with Crippen LogP contribution in [-0.4, -0.2) is 58.5 Å². The molecule has 4 N–H and O–H groups in total. The zero-order valence-electron chi connectivity index (χ0n) is 17.3. The minimum absolute atomic E-state index is 0.197. The Bertz CT molecular complexity index is 1140. The Kier molecular flexibility index (Phi) is 5.64. The average Bonchev–Trinajstić information content (AvgIpc) is 3.01. The number of nitrogens with one attached hydrogen (secondary N) is 4. The fraction of sp³-hybridized carbons (Fsp3) is 0.400. The first kappa shape index (κ1) is 22.4. The van der Waals surface area contributed by atoms with Gasteiger partial charge in [0, 0.05) is 31.4 Å². The zero-order valence-corrected chi connectivity index (χ0v) is 17.3. The summed E-state index contributed by atoms with van der Waals surface area (Å²) < 4.78 is 38.0. The molecule has 2 aromatic rings.